The molecule has 3 N–H and O–H groups in total. The lowest BCUT2D eigenvalue weighted by atomic mass is 10.1. The molecule has 0 bridgehead atoms. The fraction of sp³-hybridized carbons (Fsp3) is 0.429. The van der Waals surface area contributed by atoms with Crippen LogP contribution in [0.5, 0.6) is 0 Å². The molecule has 0 saturated heterocycles. The Morgan fingerprint density at radius 1 is 1.25 bits per heavy atom. The van der Waals surface area contributed by atoms with Crippen molar-refractivity contribution in [2.75, 3.05) is 19.5 Å². The van der Waals surface area contributed by atoms with Crippen molar-refractivity contribution >= 4 is 17.7 Å². The zero-order valence-electron chi connectivity index (χ0n) is 12.2. The van der Waals surface area contributed by atoms with E-state index in [0.29, 0.717) is 5.69 Å². The molecule has 0 heterocycles. The van der Waals surface area contributed by atoms with Crippen LogP contribution in [0.1, 0.15) is 25.5 Å². The number of carbonyl (C=O) groups excluding carboxylic acids is 2. The third kappa shape index (κ3) is 4.55. The van der Waals surface area contributed by atoms with Crippen molar-refractivity contribution in [1.82, 2.24) is 10.6 Å². The molecule has 0 aliphatic carbocycles. The van der Waals surface area contributed by atoms with E-state index in [4.69, 9.17) is 0 Å². The van der Waals surface area contributed by atoms with Crippen LogP contribution in [-0.2, 0) is 9.53 Å². The third-order valence-electron chi connectivity index (χ3n) is 2.98. The summed E-state index contributed by atoms with van der Waals surface area (Å²) in [5, 5.41) is 8.31. The molecule has 0 saturated carbocycles. The second-order valence-corrected chi connectivity index (χ2v) is 4.48. The minimum absolute atomic E-state index is 0.189. The van der Waals surface area contributed by atoms with E-state index in [2.05, 4.69) is 20.7 Å². The van der Waals surface area contributed by atoms with Crippen LogP contribution in [0.2, 0.25) is 0 Å². The van der Waals surface area contributed by atoms with Crippen LogP contribution >= 0.6 is 0 Å². The summed E-state index contributed by atoms with van der Waals surface area (Å²) in [6.07, 6.45) is 0. The van der Waals surface area contributed by atoms with Gasteiger partial charge < -0.3 is 20.7 Å². The molecule has 0 fully saturated rings. The monoisotopic (exact) mass is 279 g/mol. The topological polar surface area (TPSA) is 79.5 Å². The number of amides is 2. The maximum absolute atomic E-state index is 11.7. The van der Waals surface area contributed by atoms with Gasteiger partial charge in [-0.3, -0.25) is 0 Å². The molecule has 0 aromatic heterocycles. The third-order valence-corrected chi connectivity index (χ3v) is 2.98. The van der Waals surface area contributed by atoms with Gasteiger partial charge in [0.15, 0.2) is 0 Å². The van der Waals surface area contributed by atoms with E-state index >= 15 is 0 Å². The maximum Gasteiger partial charge on any atom is 0.328 e. The van der Waals surface area contributed by atoms with Crippen molar-refractivity contribution in [3.63, 3.8) is 0 Å². The van der Waals surface area contributed by atoms with Gasteiger partial charge in [-0.25, -0.2) is 9.59 Å². The first-order valence-electron chi connectivity index (χ1n) is 6.40. The summed E-state index contributed by atoms with van der Waals surface area (Å²) < 4.78 is 4.54. The molecule has 6 nitrogen and oxygen atoms in total. The van der Waals surface area contributed by atoms with E-state index in [0.717, 1.165) is 5.56 Å². The van der Waals surface area contributed by atoms with Gasteiger partial charge >= 0.3 is 12.0 Å². The summed E-state index contributed by atoms with van der Waals surface area (Å²) in [6.45, 7) is 3.59. The average Bonchev–Trinajstić information content (AvgIpc) is 2.45. The van der Waals surface area contributed by atoms with E-state index in [9.17, 15) is 9.59 Å². The molecule has 6 heteroatoms. The predicted octanol–water partition coefficient (Wildman–Crippen LogP) is 1.65. The number of rotatable bonds is 5. The minimum atomic E-state index is -0.695. The number of methoxy groups -OCH3 is 1. The first kappa shape index (κ1) is 16.0. The zero-order chi connectivity index (χ0) is 15.1. The van der Waals surface area contributed by atoms with Crippen molar-refractivity contribution in [3.8, 4) is 0 Å². The Balaban J connectivity index is 2.64. The van der Waals surface area contributed by atoms with Crippen molar-refractivity contribution < 1.29 is 14.3 Å². The normalized spacial score (nSPS) is 13.2. The Kier molecular flexibility index (Phi) is 5.99. The molecule has 0 aliphatic heterocycles. The standard InChI is InChI=1S/C14H21N3O3/c1-9(15-3)11-6-5-7-12(8-11)17-14(19)16-10(2)13(18)20-4/h5-10,15H,1-4H3,(H2,16,17,19). The molecule has 0 aliphatic rings. The molecule has 2 amide bonds. The molecule has 0 radical (unpaired) electrons. The van der Waals surface area contributed by atoms with E-state index in [1.807, 2.05) is 32.2 Å². The fourth-order valence-electron chi connectivity index (χ4n) is 1.65. The van der Waals surface area contributed by atoms with Gasteiger partial charge in [-0.05, 0) is 38.6 Å². The van der Waals surface area contributed by atoms with Crippen LogP contribution in [0.15, 0.2) is 24.3 Å². The first-order valence-corrected chi connectivity index (χ1v) is 6.40. The number of hydrogen-bond acceptors (Lipinski definition) is 4. The number of anilines is 1. The number of nitrogens with one attached hydrogen (secondary N) is 3. The van der Waals surface area contributed by atoms with Gasteiger partial charge in [-0.1, -0.05) is 12.1 Å². The number of benzene rings is 1. The van der Waals surface area contributed by atoms with Gasteiger partial charge in [0, 0.05) is 11.7 Å². The van der Waals surface area contributed by atoms with Crippen molar-refractivity contribution in [2.45, 2.75) is 25.9 Å². The molecule has 110 valence electrons. The molecular weight excluding hydrogens is 258 g/mol. The minimum Gasteiger partial charge on any atom is -0.467 e. The lowest BCUT2D eigenvalue weighted by Gasteiger charge is -2.14. The molecule has 0 spiro atoms. The highest BCUT2D eigenvalue weighted by molar-refractivity contribution is 5.92. The molecule has 2 atom stereocenters. The summed E-state index contributed by atoms with van der Waals surface area (Å²) in [5.74, 6) is -0.488. The lowest BCUT2D eigenvalue weighted by molar-refractivity contribution is -0.142. The maximum atomic E-state index is 11.7. The molecule has 20 heavy (non-hydrogen) atoms. The van der Waals surface area contributed by atoms with E-state index in [1.54, 1.807) is 13.0 Å². The first-order chi connectivity index (χ1) is 9.47. The number of ether oxygens (including phenoxy) is 1. The highest BCUT2D eigenvalue weighted by Crippen LogP contribution is 2.16. The van der Waals surface area contributed by atoms with Gasteiger partial charge in [0.1, 0.15) is 6.04 Å². The van der Waals surface area contributed by atoms with E-state index < -0.39 is 18.0 Å². The number of hydrogen-bond donors (Lipinski definition) is 3. The largest absolute Gasteiger partial charge is 0.467 e. The molecule has 1 aromatic carbocycles. The molecular formula is C14H21N3O3. The highest BCUT2D eigenvalue weighted by Gasteiger charge is 2.15. The summed E-state index contributed by atoms with van der Waals surface area (Å²) >= 11 is 0. The van der Waals surface area contributed by atoms with Crippen molar-refractivity contribution in [3.05, 3.63) is 29.8 Å². The van der Waals surface area contributed by atoms with Gasteiger partial charge in [-0.15, -0.1) is 0 Å². The van der Waals surface area contributed by atoms with E-state index in [1.165, 1.54) is 7.11 Å². The average molecular weight is 279 g/mol. The molecule has 1 aromatic rings. The van der Waals surface area contributed by atoms with Crippen LogP contribution in [0, 0.1) is 0 Å². The zero-order valence-corrected chi connectivity index (χ0v) is 12.2. The van der Waals surface area contributed by atoms with Crippen LogP contribution in [-0.4, -0.2) is 32.2 Å². The van der Waals surface area contributed by atoms with Gasteiger partial charge in [-0.2, -0.15) is 0 Å². The molecule has 1 rings (SSSR count). The Bertz CT molecular complexity index is 476. The van der Waals surface area contributed by atoms with Crippen LogP contribution < -0.4 is 16.0 Å². The van der Waals surface area contributed by atoms with Gasteiger partial charge in [0.05, 0.1) is 7.11 Å². The fourth-order valence-corrected chi connectivity index (χ4v) is 1.65. The second kappa shape index (κ2) is 7.49. The number of carbonyl (C=O) groups is 2. The van der Waals surface area contributed by atoms with Crippen LogP contribution in [0.4, 0.5) is 10.5 Å². The van der Waals surface area contributed by atoms with Crippen LogP contribution in [0.3, 0.4) is 0 Å². The Labute approximate surface area is 118 Å². The SMILES string of the molecule is CNC(C)c1cccc(NC(=O)NC(C)C(=O)OC)c1. The Morgan fingerprint density at radius 2 is 1.95 bits per heavy atom. The lowest BCUT2D eigenvalue weighted by Crippen LogP contribution is -2.41. The van der Waals surface area contributed by atoms with Crippen molar-refractivity contribution in [2.24, 2.45) is 0 Å². The summed E-state index contributed by atoms with van der Waals surface area (Å²) in [4.78, 5) is 23.0. The smallest absolute Gasteiger partial charge is 0.328 e. The Morgan fingerprint density at radius 3 is 2.55 bits per heavy atom. The quantitative estimate of drug-likeness (QED) is 0.716. The molecule has 2 unspecified atom stereocenters. The number of esters is 1. The van der Waals surface area contributed by atoms with E-state index in [-0.39, 0.29) is 6.04 Å². The number of urea groups is 1. The van der Waals surface area contributed by atoms with Gasteiger partial charge in [0.25, 0.3) is 0 Å². The predicted molar refractivity (Wildman–Crippen MR) is 77.5 cm³/mol. The summed E-state index contributed by atoms with van der Waals surface area (Å²) in [7, 11) is 3.15. The van der Waals surface area contributed by atoms with Crippen LogP contribution in [0.25, 0.3) is 0 Å². The summed E-state index contributed by atoms with van der Waals surface area (Å²) in [6, 6.07) is 6.55. The van der Waals surface area contributed by atoms with Gasteiger partial charge in [0.2, 0.25) is 0 Å². The highest BCUT2D eigenvalue weighted by atomic mass is 16.5. The second-order valence-electron chi connectivity index (χ2n) is 4.48. The Hall–Kier alpha value is -2.08. The summed E-state index contributed by atoms with van der Waals surface area (Å²) in [5.41, 5.74) is 1.73. The van der Waals surface area contributed by atoms with Crippen molar-refractivity contribution in [1.29, 1.82) is 0 Å².